The highest BCUT2D eigenvalue weighted by molar-refractivity contribution is 5.13. The fourth-order valence-electron chi connectivity index (χ4n) is 3.99. The number of hydrogen-bond donors (Lipinski definition) is 1. The van der Waals surface area contributed by atoms with E-state index in [0.717, 1.165) is 24.3 Å². The van der Waals surface area contributed by atoms with Crippen LogP contribution < -0.4 is 5.32 Å². The zero-order chi connectivity index (χ0) is 12.4. The molecule has 3 nitrogen and oxygen atoms in total. The number of nitrogens with one attached hydrogen (secondary N) is 1. The van der Waals surface area contributed by atoms with E-state index in [1.54, 1.807) is 6.33 Å². The molecule has 1 aromatic rings. The molecule has 98 valence electrons. The summed E-state index contributed by atoms with van der Waals surface area (Å²) in [6.45, 7) is 3.32. The van der Waals surface area contributed by atoms with E-state index >= 15 is 0 Å². The second kappa shape index (κ2) is 5.35. The van der Waals surface area contributed by atoms with Crippen molar-refractivity contribution in [2.24, 2.45) is 17.8 Å². The lowest BCUT2D eigenvalue weighted by molar-refractivity contribution is 0.250. The molecule has 2 bridgehead atoms. The van der Waals surface area contributed by atoms with Crippen LogP contribution in [-0.4, -0.2) is 16.5 Å². The molecule has 2 fully saturated rings. The van der Waals surface area contributed by atoms with Crippen molar-refractivity contribution in [3.63, 3.8) is 0 Å². The third kappa shape index (κ3) is 2.28. The maximum Gasteiger partial charge on any atom is 0.115 e. The van der Waals surface area contributed by atoms with E-state index in [1.165, 1.54) is 37.7 Å². The van der Waals surface area contributed by atoms with E-state index in [-0.39, 0.29) is 0 Å². The largest absolute Gasteiger partial charge is 0.310 e. The molecular formula is C15H23N3. The number of aromatic nitrogens is 2. The Morgan fingerprint density at radius 2 is 2.11 bits per heavy atom. The fourth-order valence-corrected chi connectivity index (χ4v) is 3.99. The second-order valence-corrected chi connectivity index (χ2v) is 5.94. The Kier molecular flexibility index (Phi) is 3.59. The molecule has 0 saturated heterocycles. The van der Waals surface area contributed by atoms with Crippen LogP contribution in [0.5, 0.6) is 0 Å². The average Bonchev–Trinajstić information content (AvgIpc) is 3.03. The van der Waals surface area contributed by atoms with Gasteiger partial charge in [-0.25, -0.2) is 9.97 Å². The molecular weight excluding hydrogens is 222 g/mol. The van der Waals surface area contributed by atoms with E-state index in [2.05, 4.69) is 22.2 Å². The first kappa shape index (κ1) is 12.1. The molecule has 0 amide bonds. The third-order valence-electron chi connectivity index (χ3n) is 4.77. The highest BCUT2D eigenvalue weighted by Gasteiger charge is 2.43. The first-order valence-corrected chi connectivity index (χ1v) is 7.36. The van der Waals surface area contributed by atoms with Gasteiger partial charge in [0.05, 0.1) is 0 Å². The van der Waals surface area contributed by atoms with Crippen molar-refractivity contribution in [3.05, 3.63) is 24.3 Å². The van der Waals surface area contributed by atoms with Gasteiger partial charge in [-0.2, -0.15) is 0 Å². The first-order valence-electron chi connectivity index (χ1n) is 7.36. The lowest BCUT2D eigenvalue weighted by Crippen LogP contribution is -2.32. The Bertz CT molecular complexity index is 379. The molecule has 3 rings (SSSR count). The van der Waals surface area contributed by atoms with Crippen LogP contribution in [0.3, 0.4) is 0 Å². The molecule has 4 unspecified atom stereocenters. The van der Waals surface area contributed by atoms with Crippen molar-refractivity contribution < 1.29 is 0 Å². The quantitative estimate of drug-likeness (QED) is 0.866. The van der Waals surface area contributed by atoms with E-state index in [9.17, 15) is 0 Å². The summed E-state index contributed by atoms with van der Waals surface area (Å²) in [5.41, 5.74) is 1.28. The summed E-state index contributed by atoms with van der Waals surface area (Å²) in [6, 6.07) is 0.474. The Morgan fingerprint density at radius 3 is 2.72 bits per heavy atom. The Labute approximate surface area is 109 Å². The van der Waals surface area contributed by atoms with E-state index in [4.69, 9.17) is 0 Å². The third-order valence-corrected chi connectivity index (χ3v) is 4.77. The minimum atomic E-state index is 0.474. The summed E-state index contributed by atoms with van der Waals surface area (Å²) >= 11 is 0. The van der Waals surface area contributed by atoms with E-state index in [0.29, 0.717) is 6.04 Å². The summed E-state index contributed by atoms with van der Waals surface area (Å²) in [5.74, 6) is 2.74. The zero-order valence-electron chi connectivity index (χ0n) is 11.2. The molecule has 1 heterocycles. The zero-order valence-corrected chi connectivity index (χ0v) is 11.2. The van der Waals surface area contributed by atoms with Crippen LogP contribution in [0.1, 0.15) is 50.6 Å². The summed E-state index contributed by atoms with van der Waals surface area (Å²) < 4.78 is 0. The smallest absolute Gasteiger partial charge is 0.115 e. The van der Waals surface area contributed by atoms with Gasteiger partial charge < -0.3 is 5.32 Å². The lowest BCUT2D eigenvalue weighted by Gasteiger charge is -2.31. The predicted molar refractivity (Wildman–Crippen MR) is 72.0 cm³/mol. The van der Waals surface area contributed by atoms with Crippen molar-refractivity contribution in [1.82, 2.24) is 15.3 Å². The van der Waals surface area contributed by atoms with Crippen molar-refractivity contribution in [1.29, 1.82) is 0 Å². The van der Waals surface area contributed by atoms with Crippen molar-refractivity contribution in [2.45, 2.75) is 45.1 Å². The molecule has 4 atom stereocenters. The van der Waals surface area contributed by atoms with Crippen LogP contribution in [0, 0.1) is 17.8 Å². The summed E-state index contributed by atoms with van der Waals surface area (Å²) in [7, 11) is 0. The van der Waals surface area contributed by atoms with Crippen molar-refractivity contribution in [3.8, 4) is 0 Å². The summed E-state index contributed by atoms with van der Waals surface area (Å²) in [5, 5.41) is 3.73. The minimum absolute atomic E-state index is 0.474. The van der Waals surface area contributed by atoms with Gasteiger partial charge in [-0.1, -0.05) is 13.3 Å². The van der Waals surface area contributed by atoms with Crippen LogP contribution in [0.15, 0.2) is 18.7 Å². The second-order valence-electron chi connectivity index (χ2n) is 5.94. The molecule has 0 spiro atoms. The van der Waals surface area contributed by atoms with Gasteiger partial charge in [0.2, 0.25) is 0 Å². The molecule has 0 aromatic carbocycles. The van der Waals surface area contributed by atoms with Gasteiger partial charge in [-0.15, -0.1) is 0 Å². The molecule has 0 radical (unpaired) electrons. The summed E-state index contributed by atoms with van der Waals surface area (Å²) in [4.78, 5) is 8.39. The standard InChI is InChI=1S/C15H23N3/c1-2-5-18-15(13-8-16-10-17-9-13)14-7-11-3-4-12(14)6-11/h8-12,14-15,18H,2-7H2,1H3. The Hall–Kier alpha value is -0.960. The number of rotatable bonds is 5. The molecule has 2 aliphatic rings. The van der Waals surface area contributed by atoms with Gasteiger partial charge in [0, 0.05) is 24.0 Å². The Balaban J connectivity index is 1.77. The van der Waals surface area contributed by atoms with Gasteiger partial charge in [-0.3, -0.25) is 0 Å². The summed E-state index contributed by atoms with van der Waals surface area (Å²) in [6.07, 6.45) is 12.6. The number of nitrogens with zero attached hydrogens (tertiary/aromatic N) is 2. The van der Waals surface area contributed by atoms with Gasteiger partial charge >= 0.3 is 0 Å². The predicted octanol–water partition coefficient (Wildman–Crippen LogP) is 2.95. The van der Waals surface area contributed by atoms with Gasteiger partial charge in [0.15, 0.2) is 0 Å². The van der Waals surface area contributed by atoms with Gasteiger partial charge in [0.1, 0.15) is 6.33 Å². The van der Waals surface area contributed by atoms with Crippen LogP contribution in [0.4, 0.5) is 0 Å². The maximum absolute atomic E-state index is 4.20. The van der Waals surface area contributed by atoms with Crippen LogP contribution in [-0.2, 0) is 0 Å². The van der Waals surface area contributed by atoms with Crippen LogP contribution in [0.2, 0.25) is 0 Å². The average molecular weight is 245 g/mol. The van der Waals surface area contributed by atoms with E-state index < -0.39 is 0 Å². The normalized spacial score (nSPS) is 31.7. The Morgan fingerprint density at radius 1 is 1.28 bits per heavy atom. The fraction of sp³-hybridized carbons (Fsp3) is 0.733. The maximum atomic E-state index is 4.20. The minimum Gasteiger partial charge on any atom is -0.310 e. The topological polar surface area (TPSA) is 37.8 Å². The van der Waals surface area contributed by atoms with E-state index in [1.807, 2.05) is 12.4 Å². The molecule has 2 saturated carbocycles. The van der Waals surface area contributed by atoms with Gasteiger partial charge in [0.25, 0.3) is 0 Å². The molecule has 1 aromatic heterocycles. The van der Waals surface area contributed by atoms with Crippen LogP contribution in [0.25, 0.3) is 0 Å². The monoisotopic (exact) mass is 245 g/mol. The number of hydrogen-bond acceptors (Lipinski definition) is 3. The van der Waals surface area contributed by atoms with Crippen molar-refractivity contribution in [2.75, 3.05) is 6.54 Å². The molecule has 1 N–H and O–H groups in total. The first-order chi connectivity index (χ1) is 8.88. The molecule has 3 heteroatoms. The SMILES string of the molecule is CCCNC(c1cncnc1)C1CC2CCC1C2. The van der Waals surface area contributed by atoms with Crippen molar-refractivity contribution >= 4 is 0 Å². The molecule has 2 aliphatic carbocycles. The highest BCUT2D eigenvalue weighted by Crippen LogP contribution is 2.52. The highest BCUT2D eigenvalue weighted by atomic mass is 14.9. The van der Waals surface area contributed by atoms with Crippen LogP contribution >= 0.6 is 0 Å². The molecule has 18 heavy (non-hydrogen) atoms. The van der Waals surface area contributed by atoms with Gasteiger partial charge in [-0.05, 0) is 50.0 Å². The lowest BCUT2D eigenvalue weighted by atomic mass is 9.81. The number of fused-ring (bicyclic) bond motifs is 2. The molecule has 0 aliphatic heterocycles.